The monoisotopic (exact) mass is 359 g/mol. The standard InChI is InChI=1S/C17H28F3N5/c1-11(2)12-5-7-14(8-6-12)23-16(21-3)22-9-13-10-25(4)24-15(13)17(18,19)20/h10-12,14H,5-9H2,1-4H3,(H2,21,22,23). The lowest BCUT2D eigenvalue weighted by Gasteiger charge is -2.32. The average molecular weight is 359 g/mol. The highest BCUT2D eigenvalue weighted by atomic mass is 19.4. The number of aryl methyl sites for hydroxylation is 1. The Balaban J connectivity index is 1.90. The Morgan fingerprint density at radius 2 is 1.96 bits per heavy atom. The van der Waals surface area contributed by atoms with Crippen molar-refractivity contribution in [1.29, 1.82) is 0 Å². The lowest BCUT2D eigenvalue weighted by atomic mass is 9.80. The van der Waals surface area contributed by atoms with E-state index in [4.69, 9.17) is 0 Å². The van der Waals surface area contributed by atoms with E-state index < -0.39 is 11.9 Å². The zero-order valence-corrected chi connectivity index (χ0v) is 15.3. The van der Waals surface area contributed by atoms with E-state index in [1.54, 1.807) is 7.05 Å². The number of rotatable bonds is 4. The molecule has 0 saturated heterocycles. The molecule has 0 bridgehead atoms. The number of alkyl halides is 3. The molecule has 5 nitrogen and oxygen atoms in total. The molecular weight excluding hydrogens is 331 g/mol. The van der Waals surface area contributed by atoms with Crippen molar-refractivity contribution in [3.63, 3.8) is 0 Å². The summed E-state index contributed by atoms with van der Waals surface area (Å²) in [7, 11) is 3.11. The fourth-order valence-corrected chi connectivity index (χ4v) is 3.40. The van der Waals surface area contributed by atoms with Gasteiger partial charge >= 0.3 is 6.18 Å². The quantitative estimate of drug-likeness (QED) is 0.641. The van der Waals surface area contributed by atoms with Gasteiger partial charge in [0.25, 0.3) is 0 Å². The van der Waals surface area contributed by atoms with E-state index >= 15 is 0 Å². The molecule has 25 heavy (non-hydrogen) atoms. The van der Waals surface area contributed by atoms with Crippen LogP contribution in [0.15, 0.2) is 11.2 Å². The van der Waals surface area contributed by atoms with Crippen molar-refractivity contribution in [2.45, 2.75) is 58.3 Å². The van der Waals surface area contributed by atoms with Crippen LogP contribution in [0.1, 0.15) is 50.8 Å². The molecule has 1 aromatic heterocycles. The van der Waals surface area contributed by atoms with Crippen LogP contribution in [-0.4, -0.2) is 28.8 Å². The summed E-state index contributed by atoms with van der Waals surface area (Å²) in [6.07, 6.45) is 1.40. The van der Waals surface area contributed by atoms with Crippen LogP contribution in [0.3, 0.4) is 0 Å². The fourth-order valence-electron chi connectivity index (χ4n) is 3.40. The van der Waals surface area contributed by atoms with Crippen molar-refractivity contribution >= 4 is 5.96 Å². The smallest absolute Gasteiger partial charge is 0.354 e. The second-order valence-electron chi connectivity index (χ2n) is 7.10. The second kappa shape index (κ2) is 8.10. The van der Waals surface area contributed by atoms with Crippen LogP contribution < -0.4 is 10.6 Å². The van der Waals surface area contributed by atoms with Gasteiger partial charge in [-0.1, -0.05) is 13.8 Å². The van der Waals surface area contributed by atoms with Gasteiger partial charge in [-0.25, -0.2) is 0 Å². The summed E-state index contributed by atoms with van der Waals surface area (Å²) in [4.78, 5) is 4.14. The van der Waals surface area contributed by atoms with Crippen LogP contribution in [0, 0.1) is 11.8 Å². The first-order chi connectivity index (χ1) is 11.7. The summed E-state index contributed by atoms with van der Waals surface area (Å²) in [5.41, 5.74) is -0.739. The first kappa shape index (κ1) is 19.6. The number of aromatic nitrogens is 2. The molecule has 0 amide bonds. The predicted octanol–water partition coefficient (Wildman–Crippen LogP) is 3.32. The van der Waals surface area contributed by atoms with Crippen LogP contribution in [0.4, 0.5) is 13.2 Å². The highest BCUT2D eigenvalue weighted by Gasteiger charge is 2.36. The van der Waals surface area contributed by atoms with Gasteiger partial charge in [0, 0.05) is 38.4 Å². The van der Waals surface area contributed by atoms with Gasteiger partial charge < -0.3 is 10.6 Å². The van der Waals surface area contributed by atoms with Gasteiger partial charge in [0.05, 0.1) is 0 Å². The largest absolute Gasteiger partial charge is 0.435 e. The minimum atomic E-state index is -4.45. The third kappa shape index (κ3) is 5.37. The maximum atomic E-state index is 13.0. The Labute approximate surface area is 147 Å². The minimum absolute atomic E-state index is 0.0314. The molecule has 1 aliphatic carbocycles. The van der Waals surface area contributed by atoms with Crippen molar-refractivity contribution in [1.82, 2.24) is 20.4 Å². The molecule has 0 aliphatic heterocycles. The molecule has 8 heteroatoms. The fraction of sp³-hybridized carbons (Fsp3) is 0.765. The van der Waals surface area contributed by atoms with Crippen molar-refractivity contribution in [3.05, 3.63) is 17.5 Å². The molecule has 1 fully saturated rings. The van der Waals surface area contributed by atoms with Gasteiger partial charge in [0.1, 0.15) is 0 Å². The van der Waals surface area contributed by atoms with Gasteiger partial charge in [0.15, 0.2) is 11.7 Å². The topological polar surface area (TPSA) is 54.2 Å². The van der Waals surface area contributed by atoms with E-state index in [-0.39, 0.29) is 12.1 Å². The van der Waals surface area contributed by atoms with Crippen molar-refractivity contribution in [2.75, 3.05) is 7.05 Å². The number of nitrogens with one attached hydrogen (secondary N) is 2. The summed E-state index contributed by atoms with van der Waals surface area (Å²) < 4.78 is 40.2. The molecule has 1 saturated carbocycles. The lowest BCUT2D eigenvalue weighted by molar-refractivity contribution is -0.142. The van der Waals surface area contributed by atoms with Crippen LogP contribution in [0.25, 0.3) is 0 Å². The third-order valence-corrected chi connectivity index (χ3v) is 4.90. The number of guanidine groups is 1. The van der Waals surface area contributed by atoms with Gasteiger partial charge in [0.2, 0.25) is 0 Å². The van der Waals surface area contributed by atoms with E-state index in [2.05, 4.69) is 34.6 Å². The molecule has 0 atom stereocenters. The van der Waals surface area contributed by atoms with Crippen LogP contribution in [0.5, 0.6) is 0 Å². The molecule has 1 aromatic rings. The molecule has 142 valence electrons. The van der Waals surface area contributed by atoms with Crippen LogP contribution in [-0.2, 0) is 19.8 Å². The van der Waals surface area contributed by atoms with E-state index in [0.29, 0.717) is 17.9 Å². The summed E-state index contributed by atoms with van der Waals surface area (Å²) in [5.74, 6) is 1.99. The number of hydrogen-bond donors (Lipinski definition) is 2. The Hall–Kier alpha value is -1.73. The zero-order chi connectivity index (χ0) is 18.6. The Morgan fingerprint density at radius 3 is 2.48 bits per heavy atom. The molecule has 0 radical (unpaired) electrons. The SMILES string of the molecule is CN=C(NCc1cn(C)nc1C(F)(F)F)NC1CCC(C(C)C)CC1. The van der Waals surface area contributed by atoms with E-state index in [1.165, 1.54) is 30.8 Å². The molecule has 0 aromatic carbocycles. The highest BCUT2D eigenvalue weighted by Crippen LogP contribution is 2.31. The summed E-state index contributed by atoms with van der Waals surface area (Å²) in [6.45, 7) is 4.54. The number of halogens is 3. The molecule has 2 rings (SSSR count). The van der Waals surface area contributed by atoms with Gasteiger partial charge in [-0.05, 0) is 37.5 Å². The maximum Gasteiger partial charge on any atom is 0.435 e. The zero-order valence-electron chi connectivity index (χ0n) is 15.3. The first-order valence-corrected chi connectivity index (χ1v) is 8.77. The van der Waals surface area contributed by atoms with Crippen molar-refractivity contribution < 1.29 is 13.2 Å². The third-order valence-electron chi connectivity index (χ3n) is 4.90. The van der Waals surface area contributed by atoms with Crippen LogP contribution in [0.2, 0.25) is 0 Å². The van der Waals surface area contributed by atoms with Gasteiger partial charge in [-0.3, -0.25) is 9.67 Å². The molecule has 1 heterocycles. The highest BCUT2D eigenvalue weighted by molar-refractivity contribution is 5.79. The Bertz CT molecular complexity index is 584. The van der Waals surface area contributed by atoms with E-state index in [0.717, 1.165) is 18.8 Å². The molecule has 2 N–H and O–H groups in total. The lowest BCUT2D eigenvalue weighted by Crippen LogP contribution is -2.44. The predicted molar refractivity (Wildman–Crippen MR) is 92.1 cm³/mol. The number of hydrogen-bond acceptors (Lipinski definition) is 2. The maximum absolute atomic E-state index is 13.0. The normalized spacial score (nSPS) is 22.3. The van der Waals surface area contributed by atoms with Crippen molar-refractivity contribution in [3.8, 4) is 0 Å². The van der Waals surface area contributed by atoms with Gasteiger partial charge in [-0.15, -0.1) is 0 Å². The van der Waals surface area contributed by atoms with Crippen LogP contribution >= 0.6 is 0 Å². The summed E-state index contributed by atoms with van der Waals surface area (Å²) in [6, 6.07) is 0.317. The van der Waals surface area contributed by atoms with Gasteiger partial charge in [-0.2, -0.15) is 18.3 Å². The minimum Gasteiger partial charge on any atom is -0.354 e. The van der Waals surface area contributed by atoms with Crippen molar-refractivity contribution in [2.24, 2.45) is 23.9 Å². The number of nitrogens with zero attached hydrogens (tertiary/aromatic N) is 3. The van der Waals surface area contributed by atoms with E-state index in [9.17, 15) is 13.2 Å². The second-order valence-corrected chi connectivity index (χ2v) is 7.10. The molecular formula is C17H28F3N5. The first-order valence-electron chi connectivity index (χ1n) is 8.77. The average Bonchev–Trinajstić information content (AvgIpc) is 2.93. The Kier molecular flexibility index (Phi) is 6.35. The summed E-state index contributed by atoms with van der Waals surface area (Å²) >= 11 is 0. The molecule has 1 aliphatic rings. The summed E-state index contributed by atoms with van der Waals surface area (Å²) in [5, 5.41) is 9.83. The molecule has 0 spiro atoms. The molecule has 0 unspecified atom stereocenters. The van der Waals surface area contributed by atoms with E-state index in [1.807, 2.05) is 0 Å². The Morgan fingerprint density at radius 1 is 1.32 bits per heavy atom. The number of aliphatic imine (C=N–C) groups is 1.